The molecule has 4 nitrogen and oxygen atoms in total. The molecular formula is C21H25N3O. The molecule has 1 N–H and O–H groups in total. The van der Waals surface area contributed by atoms with Crippen LogP contribution in [0.3, 0.4) is 0 Å². The number of aromatic nitrogens is 2. The number of carbonyl (C=O) groups is 1. The van der Waals surface area contributed by atoms with Gasteiger partial charge in [0.15, 0.2) is 0 Å². The highest BCUT2D eigenvalue weighted by molar-refractivity contribution is 5.76. The molecule has 0 saturated heterocycles. The number of imidazole rings is 1. The van der Waals surface area contributed by atoms with Crippen molar-refractivity contribution in [2.75, 3.05) is 6.54 Å². The van der Waals surface area contributed by atoms with E-state index >= 15 is 0 Å². The van der Waals surface area contributed by atoms with Gasteiger partial charge in [0.1, 0.15) is 5.82 Å². The molecule has 0 unspecified atom stereocenters. The summed E-state index contributed by atoms with van der Waals surface area (Å²) in [7, 11) is 0. The van der Waals surface area contributed by atoms with E-state index in [-0.39, 0.29) is 0 Å². The van der Waals surface area contributed by atoms with Gasteiger partial charge >= 0.3 is 0 Å². The Morgan fingerprint density at radius 1 is 1.08 bits per heavy atom. The van der Waals surface area contributed by atoms with Gasteiger partial charge in [0.25, 0.3) is 0 Å². The molecule has 1 aromatic heterocycles. The lowest BCUT2D eigenvalue weighted by Crippen LogP contribution is -2.17. The Morgan fingerprint density at radius 3 is 2.44 bits per heavy atom. The average molecular weight is 335 g/mol. The number of carbonyl (C=O) groups excluding carboxylic acids is 1. The highest BCUT2D eigenvalue weighted by Gasteiger charge is 2.14. The van der Waals surface area contributed by atoms with E-state index in [1.54, 1.807) is 0 Å². The Morgan fingerprint density at radius 2 is 1.76 bits per heavy atom. The second-order valence-electron chi connectivity index (χ2n) is 6.66. The fourth-order valence-electron chi connectivity index (χ4n) is 3.43. The van der Waals surface area contributed by atoms with Gasteiger partial charge in [-0.05, 0) is 67.6 Å². The topological polar surface area (TPSA) is 46.9 Å². The molecule has 0 saturated carbocycles. The molecule has 0 bridgehead atoms. The van der Waals surface area contributed by atoms with E-state index in [2.05, 4.69) is 55.8 Å². The normalized spacial score (nSPS) is 11.0. The fraction of sp³-hybridized carbons (Fsp3) is 0.333. The SMILES string of the molecule is Cc1cc(C)c(C)c(Cn2c(CCNC=O)nc3ccccc32)c1C. The molecule has 4 heteroatoms. The van der Waals surface area contributed by atoms with Crippen LogP contribution in [0.1, 0.15) is 33.6 Å². The molecule has 0 aliphatic heterocycles. The number of amides is 1. The summed E-state index contributed by atoms with van der Waals surface area (Å²) < 4.78 is 2.29. The standard InChI is InChI=1S/C21H25N3O/c1-14-11-15(2)17(4)18(16(14)3)12-24-20-8-6-5-7-19(20)23-21(24)9-10-22-13-25/h5-8,11,13H,9-10,12H2,1-4H3,(H,22,25). The number of aryl methyl sites for hydroxylation is 2. The van der Waals surface area contributed by atoms with Crippen molar-refractivity contribution in [2.45, 2.75) is 40.7 Å². The van der Waals surface area contributed by atoms with Crippen LogP contribution in [0.2, 0.25) is 0 Å². The number of fused-ring (bicyclic) bond motifs is 1. The minimum absolute atomic E-state index is 0.595. The third-order valence-electron chi connectivity index (χ3n) is 5.15. The lowest BCUT2D eigenvalue weighted by Gasteiger charge is -2.18. The third-order valence-corrected chi connectivity index (χ3v) is 5.15. The number of benzene rings is 2. The first-order chi connectivity index (χ1) is 12.0. The highest BCUT2D eigenvalue weighted by Crippen LogP contribution is 2.25. The van der Waals surface area contributed by atoms with E-state index in [4.69, 9.17) is 4.98 Å². The van der Waals surface area contributed by atoms with Crippen molar-refractivity contribution in [1.82, 2.24) is 14.9 Å². The summed E-state index contributed by atoms with van der Waals surface area (Å²) in [4.78, 5) is 15.4. The van der Waals surface area contributed by atoms with Crippen molar-refractivity contribution < 1.29 is 4.79 Å². The first kappa shape index (κ1) is 17.2. The number of nitrogens with one attached hydrogen (secondary N) is 1. The molecule has 0 aliphatic carbocycles. The number of hydrogen-bond donors (Lipinski definition) is 1. The first-order valence-electron chi connectivity index (χ1n) is 8.70. The maximum Gasteiger partial charge on any atom is 0.207 e. The molecule has 130 valence electrons. The van der Waals surface area contributed by atoms with E-state index in [1.165, 1.54) is 27.8 Å². The molecule has 25 heavy (non-hydrogen) atoms. The Kier molecular flexibility index (Phi) is 4.88. The van der Waals surface area contributed by atoms with E-state index in [0.717, 1.165) is 36.2 Å². The van der Waals surface area contributed by atoms with E-state index in [1.807, 2.05) is 12.1 Å². The van der Waals surface area contributed by atoms with Crippen LogP contribution in [-0.4, -0.2) is 22.5 Å². The number of para-hydroxylation sites is 2. The zero-order chi connectivity index (χ0) is 18.0. The van der Waals surface area contributed by atoms with Crippen LogP contribution >= 0.6 is 0 Å². The summed E-state index contributed by atoms with van der Waals surface area (Å²) in [6.45, 7) is 10.1. The van der Waals surface area contributed by atoms with Crippen molar-refractivity contribution in [3.05, 3.63) is 64.0 Å². The Hall–Kier alpha value is -2.62. The minimum atomic E-state index is 0.595. The molecular weight excluding hydrogens is 310 g/mol. The summed E-state index contributed by atoms with van der Waals surface area (Å²) in [6, 6.07) is 10.5. The van der Waals surface area contributed by atoms with Gasteiger partial charge < -0.3 is 9.88 Å². The van der Waals surface area contributed by atoms with Crippen molar-refractivity contribution in [3.63, 3.8) is 0 Å². The Balaban J connectivity index is 2.09. The number of rotatable bonds is 6. The molecule has 1 heterocycles. The molecule has 2 aromatic carbocycles. The van der Waals surface area contributed by atoms with Gasteiger partial charge in [-0.25, -0.2) is 4.98 Å². The van der Waals surface area contributed by atoms with Gasteiger partial charge in [0, 0.05) is 19.5 Å². The van der Waals surface area contributed by atoms with Crippen LogP contribution in [-0.2, 0) is 17.8 Å². The molecule has 0 radical (unpaired) electrons. The predicted octanol–water partition coefficient (Wildman–Crippen LogP) is 3.61. The average Bonchev–Trinajstić information content (AvgIpc) is 2.95. The molecule has 1 amide bonds. The molecule has 0 fully saturated rings. The number of nitrogens with zero attached hydrogens (tertiary/aromatic N) is 2. The van der Waals surface area contributed by atoms with Gasteiger partial charge in [0.2, 0.25) is 6.41 Å². The lowest BCUT2D eigenvalue weighted by atomic mass is 9.94. The summed E-state index contributed by atoms with van der Waals surface area (Å²) in [5, 5.41) is 2.74. The van der Waals surface area contributed by atoms with Gasteiger partial charge in [0.05, 0.1) is 11.0 Å². The first-order valence-corrected chi connectivity index (χ1v) is 8.70. The molecule has 3 aromatic rings. The Bertz CT molecular complexity index is 898. The second-order valence-corrected chi connectivity index (χ2v) is 6.66. The van der Waals surface area contributed by atoms with E-state index < -0.39 is 0 Å². The van der Waals surface area contributed by atoms with Crippen LogP contribution < -0.4 is 5.32 Å². The minimum Gasteiger partial charge on any atom is -0.358 e. The van der Waals surface area contributed by atoms with Crippen molar-refractivity contribution >= 4 is 17.4 Å². The van der Waals surface area contributed by atoms with Crippen molar-refractivity contribution in [3.8, 4) is 0 Å². The van der Waals surface area contributed by atoms with Gasteiger partial charge in [-0.3, -0.25) is 4.79 Å². The van der Waals surface area contributed by atoms with Crippen molar-refractivity contribution in [2.24, 2.45) is 0 Å². The smallest absolute Gasteiger partial charge is 0.207 e. The molecule has 0 atom stereocenters. The largest absolute Gasteiger partial charge is 0.358 e. The second kappa shape index (κ2) is 7.09. The third kappa shape index (κ3) is 3.29. The molecule has 0 aliphatic rings. The summed E-state index contributed by atoms with van der Waals surface area (Å²) >= 11 is 0. The fourth-order valence-corrected chi connectivity index (χ4v) is 3.43. The van der Waals surface area contributed by atoms with Crippen LogP contribution in [0.5, 0.6) is 0 Å². The maximum atomic E-state index is 10.6. The van der Waals surface area contributed by atoms with Crippen LogP contribution in [0.4, 0.5) is 0 Å². The monoisotopic (exact) mass is 335 g/mol. The zero-order valence-corrected chi connectivity index (χ0v) is 15.4. The van der Waals surface area contributed by atoms with Crippen LogP contribution in [0, 0.1) is 27.7 Å². The van der Waals surface area contributed by atoms with Gasteiger partial charge in [-0.2, -0.15) is 0 Å². The van der Waals surface area contributed by atoms with Gasteiger partial charge in [-0.15, -0.1) is 0 Å². The van der Waals surface area contributed by atoms with Crippen molar-refractivity contribution in [1.29, 1.82) is 0 Å². The predicted molar refractivity (Wildman–Crippen MR) is 102 cm³/mol. The Labute approximate surface area is 148 Å². The van der Waals surface area contributed by atoms with E-state index in [0.29, 0.717) is 6.54 Å². The zero-order valence-electron chi connectivity index (χ0n) is 15.4. The maximum absolute atomic E-state index is 10.6. The summed E-state index contributed by atoms with van der Waals surface area (Å²) in [5.41, 5.74) is 8.85. The quantitative estimate of drug-likeness (QED) is 0.552. The van der Waals surface area contributed by atoms with Crippen LogP contribution in [0.25, 0.3) is 11.0 Å². The van der Waals surface area contributed by atoms with E-state index in [9.17, 15) is 4.79 Å². The summed E-state index contributed by atoms with van der Waals surface area (Å²) in [6.07, 6.45) is 1.46. The number of hydrogen-bond acceptors (Lipinski definition) is 2. The van der Waals surface area contributed by atoms with Crippen LogP contribution in [0.15, 0.2) is 30.3 Å². The highest BCUT2D eigenvalue weighted by atomic mass is 16.1. The molecule has 3 rings (SSSR count). The van der Waals surface area contributed by atoms with Gasteiger partial charge in [-0.1, -0.05) is 18.2 Å². The lowest BCUT2D eigenvalue weighted by molar-refractivity contribution is -0.109. The summed E-state index contributed by atoms with van der Waals surface area (Å²) in [5.74, 6) is 1.01. The molecule has 0 spiro atoms.